The highest BCUT2D eigenvalue weighted by Crippen LogP contribution is 2.34. The van der Waals surface area contributed by atoms with Crippen molar-refractivity contribution in [2.24, 2.45) is 13.0 Å². The van der Waals surface area contributed by atoms with Crippen LogP contribution in [0.4, 0.5) is 5.82 Å². The molecule has 2 atom stereocenters. The van der Waals surface area contributed by atoms with Crippen LogP contribution in [0.1, 0.15) is 35.0 Å². The van der Waals surface area contributed by atoms with E-state index in [1.54, 1.807) is 30.1 Å². The molecule has 0 bridgehead atoms. The van der Waals surface area contributed by atoms with E-state index in [1.807, 2.05) is 13.1 Å². The Bertz CT molecular complexity index is 756. The van der Waals surface area contributed by atoms with Crippen LogP contribution in [0.3, 0.4) is 0 Å². The third-order valence-electron chi connectivity index (χ3n) is 4.31. The highest BCUT2D eigenvalue weighted by atomic mass is 16.5. The molecule has 2 N–H and O–H groups in total. The number of carbonyl (C=O) groups excluding carboxylic acids is 2. The fourth-order valence-electron chi connectivity index (χ4n) is 2.97. The van der Waals surface area contributed by atoms with Crippen LogP contribution in [0.15, 0.2) is 30.6 Å². The van der Waals surface area contributed by atoms with Gasteiger partial charge in [-0.2, -0.15) is 5.10 Å². The van der Waals surface area contributed by atoms with E-state index >= 15 is 0 Å². The number of rotatable bonds is 4. The molecule has 3 heterocycles. The Labute approximate surface area is 145 Å². The second-order valence-electron chi connectivity index (χ2n) is 5.92. The van der Waals surface area contributed by atoms with Gasteiger partial charge in [0.15, 0.2) is 0 Å². The third-order valence-corrected chi connectivity index (χ3v) is 4.31. The summed E-state index contributed by atoms with van der Waals surface area (Å²) in [7, 11) is 3.39. The van der Waals surface area contributed by atoms with Gasteiger partial charge in [-0.25, -0.2) is 4.98 Å². The van der Waals surface area contributed by atoms with Gasteiger partial charge in [0.25, 0.3) is 5.91 Å². The van der Waals surface area contributed by atoms with Crippen LogP contribution in [-0.4, -0.2) is 40.2 Å². The first-order valence-electron chi connectivity index (χ1n) is 8.18. The van der Waals surface area contributed by atoms with Crippen LogP contribution in [0.25, 0.3) is 0 Å². The molecular formula is C17H21N5O3. The van der Waals surface area contributed by atoms with Gasteiger partial charge >= 0.3 is 0 Å². The number of nitrogens with one attached hydrogen (secondary N) is 2. The minimum Gasteiger partial charge on any atom is -0.371 e. The molecule has 132 valence electrons. The Morgan fingerprint density at radius 3 is 2.80 bits per heavy atom. The van der Waals surface area contributed by atoms with Gasteiger partial charge in [-0.3, -0.25) is 14.3 Å². The van der Waals surface area contributed by atoms with Crippen LogP contribution >= 0.6 is 0 Å². The quantitative estimate of drug-likeness (QED) is 0.871. The second kappa shape index (κ2) is 7.43. The first-order valence-corrected chi connectivity index (χ1v) is 8.18. The lowest BCUT2D eigenvalue weighted by Gasteiger charge is -2.30. The fourth-order valence-corrected chi connectivity index (χ4v) is 2.97. The molecule has 25 heavy (non-hydrogen) atoms. The maximum Gasteiger partial charge on any atom is 0.252 e. The maximum absolute atomic E-state index is 12.7. The SMILES string of the molecule is CNC(=O)c1ccc(NC(=O)[C@@H]2CCCO[C@H]2c2ccnn2C)nc1. The first kappa shape index (κ1) is 17.1. The number of aromatic nitrogens is 3. The predicted molar refractivity (Wildman–Crippen MR) is 90.9 cm³/mol. The van der Waals surface area contributed by atoms with E-state index in [0.29, 0.717) is 18.0 Å². The summed E-state index contributed by atoms with van der Waals surface area (Å²) in [6.45, 7) is 0.624. The molecule has 8 nitrogen and oxygen atoms in total. The molecule has 0 spiro atoms. The highest BCUT2D eigenvalue weighted by molar-refractivity contribution is 5.95. The van der Waals surface area contributed by atoms with Gasteiger partial charge in [0.05, 0.1) is 17.2 Å². The first-order chi connectivity index (χ1) is 12.1. The van der Waals surface area contributed by atoms with Gasteiger partial charge in [-0.05, 0) is 31.0 Å². The Morgan fingerprint density at radius 2 is 2.16 bits per heavy atom. The topological polar surface area (TPSA) is 98.1 Å². The van der Waals surface area contributed by atoms with E-state index in [4.69, 9.17) is 4.74 Å². The fraction of sp³-hybridized carbons (Fsp3) is 0.412. The van der Waals surface area contributed by atoms with Crippen LogP contribution in [0.2, 0.25) is 0 Å². The van der Waals surface area contributed by atoms with E-state index in [2.05, 4.69) is 20.7 Å². The van der Waals surface area contributed by atoms with Gasteiger partial charge in [0.1, 0.15) is 11.9 Å². The van der Waals surface area contributed by atoms with Gasteiger partial charge in [-0.15, -0.1) is 0 Å². The van der Waals surface area contributed by atoms with Crippen LogP contribution in [-0.2, 0) is 16.6 Å². The average Bonchev–Trinajstić information content (AvgIpc) is 3.07. The van der Waals surface area contributed by atoms with E-state index in [9.17, 15) is 9.59 Å². The van der Waals surface area contributed by atoms with Gasteiger partial charge in [-0.1, -0.05) is 0 Å². The summed E-state index contributed by atoms with van der Waals surface area (Å²) in [4.78, 5) is 28.4. The Morgan fingerprint density at radius 1 is 1.32 bits per heavy atom. The smallest absolute Gasteiger partial charge is 0.252 e. The van der Waals surface area contributed by atoms with Crippen molar-refractivity contribution in [1.82, 2.24) is 20.1 Å². The standard InChI is InChI=1S/C17H21N5O3/c1-18-16(23)11-5-6-14(19-10-11)21-17(24)12-4-3-9-25-15(12)13-7-8-20-22(13)2/h5-8,10,12,15H,3-4,9H2,1-2H3,(H,18,23)(H,19,21,24)/t12-,15-/m1/s1. The van der Waals surface area contributed by atoms with E-state index in [1.165, 1.54) is 6.20 Å². The third kappa shape index (κ3) is 3.69. The number of amides is 2. The number of anilines is 1. The van der Waals surface area contributed by atoms with Gasteiger partial charge < -0.3 is 15.4 Å². The zero-order valence-electron chi connectivity index (χ0n) is 14.2. The minimum absolute atomic E-state index is 0.147. The van der Waals surface area contributed by atoms with Gasteiger partial charge in [0, 0.05) is 33.1 Å². The number of carbonyl (C=O) groups is 2. The Hall–Kier alpha value is -2.74. The van der Waals surface area contributed by atoms with Crippen molar-refractivity contribution in [3.63, 3.8) is 0 Å². The number of nitrogens with zero attached hydrogens (tertiary/aromatic N) is 3. The molecule has 0 saturated carbocycles. The lowest BCUT2D eigenvalue weighted by molar-refractivity contribution is -0.129. The number of hydrogen-bond donors (Lipinski definition) is 2. The second-order valence-corrected chi connectivity index (χ2v) is 5.92. The molecule has 2 aromatic heterocycles. The van der Waals surface area contributed by atoms with Crippen molar-refractivity contribution < 1.29 is 14.3 Å². The summed E-state index contributed by atoms with van der Waals surface area (Å²) in [5.74, 6) is -0.273. The molecule has 3 rings (SSSR count). The summed E-state index contributed by atoms with van der Waals surface area (Å²) >= 11 is 0. The molecule has 0 radical (unpaired) electrons. The molecule has 0 aliphatic carbocycles. The molecule has 8 heteroatoms. The maximum atomic E-state index is 12.7. The number of hydrogen-bond acceptors (Lipinski definition) is 5. The van der Waals surface area contributed by atoms with Crippen molar-refractivity contribution in [3.8, 4) is 0 Å². The van der Waals surface area contributed by atoms with E-state index < -0.39 is 0 Å². The molecule has 0 unspecified atom stereocenters. The molecule has 2 amide bonds. The lowest BCUT2D eigenvalue weighted by Crippen LogP contribution is -2.34. The van der Waals surface area contributed by atoms with Crippen molar-refractivity contribution in [1.29, 1.82) is 0 Å². The Balaban J connectivity index is 1.72. The van der Waals surface area contributed by atoms with E-state index in [0.717, 1.165) is 18.5 Å². The van der Waals surface area contributed by atoms with Crippen LogP contribution < -0.4 is 10.6 Å². The zero-order chi connectivity index (χ0) is 17.8. The molecule has 1 fully saturated rings. The van der Waals surface area contributed by atoms with E-state index in [-0.39, 0.29) is 23.8 Å². The summed E-state index contributed by atoms with van der Waals surface area (Å²) < 4.78 is 7.57. The van der Waals surface area contributed by atoms with Crippen molar-refractivity contribution in [2.45, 2.75) is 18.9 Å². The van der Waals surface area contributed by atoms with Crippen molar-refractivity contribution >= 4 is 17.6 Å². The van der Waals surface area contributed by atoms with Gasteiger partial charge in [0.2, 0.25) is 5.91 Å². The van der Waals surface area contributed by atoms with Crippen molar-refractivity contribution in [2.75, 3.05) is 19.0 Å². The molecular weight excluding hydrogens is 322 g/mol. The number of aryl methyl sites for hydroxylation is 1. The summed E-state index contributed by atoms with van der Waals surface area (Å²) in [5, 5.41) is 9.50. The zero-order valence-corrected chi connectivity index (χ0v) is 14.2. The number of pyridine rings is 1. The largest absolute Gasteiger partial charge is 0.371 e. The minimum atomic E-state index is -0.327. The molecule has 2 aromatic rings. The van der Waals surface area contributed by atoms with Crippen LogP contribution in [0.5, 0.6) is 0 Å². The molecule has 1 aliphatic heterocycles. The molecule has 1 aliphatic rings. The summed E-state index contributed by atoms with van der Waals surface area (Å²) in [6, 6.07) is 5.11. The highest BCUT2D eigenvalue weighted by Gasteiger charge is 2.34. The summed E-state index contributed by atoms with van der Waals surface area (Å²) in [5.41, 5.74) is 1.32. The van der Waals surface area contributed by atoms with Crippen molar-refractivity contribution in [3.05, 3.63) is 41.9 Å². The van der Waals surface area contributed by atoms with Crippen LogP contribution in [0, 0.1) is 5.92 Å². The average molecular weight is 343 g/mol. The normalized spacial score (nSPS) is 20.1. The Kier molecular flexibility index (Phi) is 5.08. The molecule has 1 saturated heterocycles. The lowest BCUT2D eigenvalue weighted by atomic mass is 9.91. The monoisotopic (exact) mass is 343 g/mol. The predicted octanol–water partition coefficient (Wildman–Crippen LogP) is 1.28. The number of ether oxygens (including phenoxy) is 1. The molecule has 0 aromatic carbocycles. The summed E-state index contributed by atoms with van der Waals surface area (Å²) in [6.07, 6.45) is 4.37.